The maximum Gasteiger partial charge on any atom is 0.230 e. The molecule has 1 amide bonds. The average Bonchev–Trinajstić information content (AvgIpc) is 2.17. The van der Waals surface area contributed by atoms with Crippen LogP contribution in [0.4, 0.5) is 0 Å². The Balaban J connectivity index is 2.22. The summed E-state index contributed by atoms with van der Waals surface area (Å²) in [5.41, 5.74) is 0. The zero-order valence-electron chi connectivity index (χ0n) is 5.52. The van der Waals surface area contributed by atoms with E-state index in [0.29, 0.717) is 11.1 Å². The molecule has 52 valence electrons. The van der Waals surface area contributed by atoms with Crippen molar-refractivity contribution in [2.45, 2.75) is 25.1 Å². The minimum Gasteiger partial charge on any atom is -0.344 e. The topological polar surface area (TPSA) is 29.1 Å². The second kappa shape index (κ2) is 3.11. The third-order valence-electron chi connectivity index (χ3n) is 1.29. The first-order valence-electron chi connectivity index (χ1n) is 3.24. The summed E-state index contributed by atoms with van der Waals surface area (Å²) >= 11 is 1.71. The third kappa shape index (κ3) is 1.90. The summed E-state index contributed by atoms with van der Waals surface area (Å²) in [6.45, 7) is 2.13. The Kier molecular flexibility index (Phi) is 2.39. The summed E-state index contributed by atoms with van der Waals surface area (Å²) in [5, 5.41) is 3.28. The van der Waals surface area contributed by atoms with Gasteiger partial charge in [0.1, 0.15) is 0 Å². The first-order chi connectivity index (χ1) is 4.33. The van der Waals surface area contributed by atoms with E-state index in [4.69, 9.17) is 0 Å². The minimum absolute atomic E-state index is 0.193. The van der Waals surface area contributed by atoms with Gasteiger partial charge < -0.3 is 5.32 Å². The molecule has 1 fully saturated rings. The number of amides is 1. The van der Waals surface area contributed by atoms with Gasteiger partial charge in [-0.3, -0.25) is 4.79 Å². The number of carbonyl (C=O) groups excluding carboxylic acids is 1. The molecule has 1 N–H and O–H groups in total. The van der Waals surface area contributed by atoms with Crippen LogP contribution in [0.25, 0.3) is 0 Å². The second-order valence-corrected chi connectivity index (χ2v) is 3.35. The van der Waals surface area contributed by atoms with Crippen molar-refractivity contribution in [2.24, 2.45) is 0 Å². The largest absolute Gasteiger partial charge is 0.344 e. The average molecular weight is 145 g/mol. The van der Waals surface area contributed by atoms with Gasteiger partial charge in [-0.15, -0.1) is 11.8 Å². The van der Waals surface area contributed by atoms with E-state index < -0.39 is 0 Å². The van der Waals surface area contributed by atoms with Crippen LogP contribution < -0.4 is 5.32 Å². The standard InChI is InChI=1S/C6H11NOS/c1-2-3-6-7-5(8)4-9-6/h6H,2-4H2,1H3,(H,7,8). The monoisotopic (exact) mass is 145 g/mol. The first kappa shape index (κ1) is 6.93. The predicted octanol–water partition coefficient (Wildman–Crippen LogP) is 0.976. The van der Waals surface area contributed by atoms with E-state index in [-0.39, 0.29) is 5.91 Å². The van der Waals surface area contributed by atoms with Gasteiger partial charge in [0, 0.05) is 0 Å². The van der Waals surface area contributed by atoms with Crippen LogP contribution >= 0.6 is 11.8 Å². The van der Waals surface area contributed by atoms with Gasteiger partial charge in [0.25, 0.3) is 0 Å². The van der Waals surface area contributed by atoms with Crippen molar-refractivity contribution in [3.8, 4) is 0 Å². The van der Waals surface area contributed by atoms with Crippen LogP contribution in [0.2, 0.25) is 0 Å². The highest BCUT2D eigenvalue weighted by Gasteiger charge is 2.19. The number of hydrogen-bond acceptors (Lipinski definition) is 2. The number of thioether (sulfide) groups is 1. The van der Waals surface area contributed by atoms with Gasteiger partial charge in [-0.1, -0.05) is 13.3 Å². The molecule has 0 radical (unpaired) electrons. The Bertz CT molecular complexity index is 116. The Morgan fingerprint density at radius 3 is 3.11 bits per heavy atom. The van der Waals surface area contributed by atoms with E-state index in [2.05, 4.69) is 12.2 Å². The molecule has 1 aliphatic heterocycles. The van der Waals surface area contributed by atoms with Crippen molar-refractivity contribution in [1.82, 2.24) is 5.32 Å². The SMILES string of the molecule is CCCC1NC(=O)CS1. The Morgan fingerprint density at radius 2 is 2.67 bits per heavy atom. The van der Waals surface area contributed by atoms with E-state index in [1.807, 2.05) is 0 Å². The predicted molar refractivity (Wildman–Crippen MR) is 39.3 cm³/mol. The molecule has 3 heteroatoms. The third-order valence-corrected chi connectivity index (χ3v) is 2.47. The van der Waals surface area contributed by atoms with Crippen LogP contribution in [0.15, 0.2) is 0 Å². The van der Waals surface area contributed by atoms with Crippen LogP contribution in [-0.4, -0.2) is 17.0 Å². The summed E-state index contributed by atoms with van der Waals surface area (Å²) in [6, 6.07) is 0. The number of hydrogen-bond donors (Lipinski definition) is 1. The Morgan fingerprint density at radius 1 is 1.89 bits per heavy atom. The number of nitrogens with one attached hydrogen (secondary N) is 1. The molecule has 0 aromatic heterocycles. The molecule has 1 heterocycles. The van der Waals surface area contributed by atoms with Gasteiger partial charge in [-0.2, -0.15) is 0 Å². The van der Waals surface area contributed by atoms with Gasteiger partial charge in [-0.05, 0) is 6.42 Å². The molecule has 1 unspecified atom stereocenters. The normalized spacial score (nSPS) is 26.3. The van der Waals surface area contributed by atoms with E-state index in [1.54, 1.807) is 11.8 Å². The zero-order chi connectivity index (χ0) is 6.69. The quantitative estimate of drug-likeness (QED) is 0.627. The lowest BCUT2D eigenvalue weighted by Gasteiger charge is -2.04. The highest BCUT2D eigenvalue weighted by Crippen LogP contribution is 2.18. The molecule has 0 aromatic rings. The molecular weight excluding hydrogens is 134 g/mol. The lowest BCUT2D eigenvalue weighted by atomic mass is 10.3. The fraction of sp³-hybridized carbons (Fsp3) is 0.833. The highest BCUT2D eigenvalue weighted by molar-refractivity contribution is 8.01. The minimum atomic E-state index is 0.193. The molecule has 1 rings (SSSR count). The summed E-state index contributed by atoms with van der Waals surface area (Å²) in [6.07, 6.45) is 2.26. The fourth-order valence-electron chi connectivity index (χ4n) is 0.857. The van der Waals surface area contributed by atoms with Crippen molar-refractivity contribution in [3.63, 3.8) is 0 Å². The van der Waals surface area contributed by atoms with Crippen molar-refractivity contribution < 1.29 is 4.79 Å². The highest BCUT2D eigenvalue weighted by atomic mass is 32.2. The van der Waals surface area contributed by atoms with Gasteiger partial charge in [0.2, 0.25) is 5.91 Å². The van der Waals surface area contributed by atoms with Crippen LogP contribution in [-0.2, 0) is 4.79 Å². The molecule has 0 saturated carbocycles. The summed E-state index contributed by atoms with van der Waals surface area (Å²) < 4.78 is 0. The molecule has 0 bridgehead atoms. The lowest BCUT2D eigenvalue weighted by molar-refractivity contribution is -0.118. The van der Waals surface area contributed by atoms with Crippen molar-refractivity contribution >= 4 is 17.7 Å². The maximum atomic E-state index is 10.6. The number of carbonyl (C=O) groups is 1. The molecule has 9 heavy (non-hydrogen) atoms. The molecule has 0 aliphatic carbocycles. The smallest absolute Gasteiger partial charge is 0.230 e. The van der Waals surface area contributed by atoms with Crippen LogP contribution in [0.3, 0.4) is 0 Å². The second-order valence-electron chi connectivity index (χ2n) is 2.16. The first-order valence-corrected chi connectivity index (χ1v) is 4.28. The summed E-state index contributed by atoms with van der Waals surface area (Å²) in [4.78, 5) is 10.6. The fourth-order valence-corrected chi connectivity index (χ4v) is 1.91. The molecule has 1 aliphatic rings. The van der Waals surface area contributed by atoms with E-state index in [1.165, 1.54) is 0 Å². The molecule has 1 atom stereocenters. The van der Waals surface area contributed by atoms with Gasteiger partial charge >= 0.3 is 0 Å². The Labute approximate surface area is 59.4 Å². The molecule has 0 spiro atoms. The molecule has 1 saturated heterocycles. The Hall–Kier alpha value is -0.180. The summed E-state index contributed by atoms with van der Waals surface area (Å²) in [7, 11) is 0. The van der Waals surface area contributed by atoms with Crippen molar-refractivity contribution in [1.29, 1.82) is 0 Å². The van der Waals surface area contributed by atoms with E-state index in [0.717, 1.165) is 12.8 Å². The number of rotatable bonds is 2. The molecule has 0 aromatic carbocycles. The molecule has 2 nitrogen and oxygen atoms in total. The zero-order valence-corrected chi connectivity index (χ0v) is 6.33. The van der Waals surface area contributed by atoms with Crippen LogP contribution in [0.5, 0.6) is 0 Å². The van der Waals surface area contributed by atoms with E-state index in [9.17, 15) is 4.79 Å². The van der Waals surface area contributed by atoms with Gasteiger partial charge in [0.15, 0.2) is 0 Å². The van der Waals surface area contributed by atoms with Crippen LogP contribution in [0, 0.1) is 0 Å². The van der Waals surface area contributed by atoms with Crippen molar-refractivity contribution in [2.75, 3.05) is 5.75 Å². The van der Waals surface area contributed by atoms with Crippen LogP contribution in [0.1, 0.15) is 19.8 Å². The lowest BCUT2D eigenvalue weighted by Crippen LogP contribution is -2.24. The van der Waals surface area contributed by atoms with Gasteiger partial charge in [0.05, 0.1) is 11.1 Å². The van der Waals surface area contributed by atoms with Gasteiger partial charge in [-0.25, -0.2) is 0 Å². The summed E-state index contributed by atoms with van der Waals surface area (Å²) in [5.74, 6) is 0.850. The van der Waals surface area contributed by atoms with E-state index >= 15 is 0 Å². The molecular formula is C6H11NOS. The van der Waals surface area contributed by atoms with Crippen molar-refractivity contribution in [3.05, 3.63) is 0 Å². The maximum absolute atomic E-state index is 10.6.